The van der Waals surface area contributed by atoms with Crippen LogP contribution in [0.4, 0.5) is 24.8 Å². The summed E-state index contributed by atoms with van der Waals surface area (Å²) in [7, 11) is 0. The van der Waals surface area contributed by atoms with Crippen molar-refractivity contribution in [1.82, 2.24) is 15.3 Å². The quantitative estimate of drug-likeness (QED) is 0.273. The first-order valence-corrected chi connectivity index (χ1v) is 15.4. The number of nitrogens with one attached hydrogen (secondary N) is 1. The number of piperidine rings is 1. The predicted octanol–water partition coefficient (Wildman–Crippen LogP) is 5.84. The molecule has 2 aliphatic rings. The van der Waals surface area contributed by atoms with Crippen LogP contribution in [-0.2, 0) is 22.2 Å². The zero-order valence-electron chi connectivity index (χ0n) is 24.8. The molecule has 0 bridgehead atoms. The number of nitrogens with zero attached hydrogens (tertiary/aromatic N) is 5. The lowest BCUT2D eigenvalue weighted by Gasteiger charge is -2.41. The third-order valence-corrected chi connectivity index (χ3v) is 8.43. The Morgan fingerprint density at radius 2 is 1.70 bits per heavy atom. The van der Waals surface area contributed by atoms with Gasteiger partial charge in [0.2, 0.25) is 11.7 Å². The van der Waals surface area contributed by atoms with Crippen molar-refractivity contribution in [2.45, 2.75) is 89.8 Å². The van der Waals surface area contributed by atoms with Crippen LogP contribution in [0.2, 0.25) is 0 Å². The highest BCUT2D eigenvalue weighted by Crippen LogP contribution is 2.34. The highest BCUT2D eigenvalue weighted by molar-refractivity contribution is 5.86. The number of rotatable bonds is 14. The number of anilines is 2. The second-order valence-corrected chi connectivity index (χ2v) is 11.6. The Labute approximate surface area is 251 Å². The second kappa shape index (κ2) is 15.2. The number of ketones is 1. The number of nitriles is 1. The van der Waals surface area contributed by atoms with Gasteiger partial charge in [-0.2, -0.15) is 18.4 Å². The third-order valence-electron chi connectivity index (χ3n) is 8.43. The number of amides is 1. The Morgan fingerprint density at radius 1 is 1.00 bits per heavy atom. The molecule has 8 nitrogen and oxygen atoms in total. The predicted molar refractivity (Wildman–Crippen MR) is 159 cm³/mol. The van der Waals surface area contributed by atoms with Gasteiger partial charge in [0.15, 0.2) is 0 Å². The smallest absolute Gasteiger partial charge is 0.356 e. The lowest BCUT2D eigenvalue weighted by molar-refractivity contribution is -0.144. The van der Waals surface area contributed by atoms with Crippen molar-refractivity contribution in [2.24, 2.45) is 5.92 Å². The molecule has 4 rings (SSSR count). The Morgan fingerprint density at radius 3 is 2.33 bits per heavy atom. The Balaban J connectivity index is 1.32. The summed E-state index contributed by atoms with van der Waals surface area (Å²) in [6, 6.07) is 10.1. The van der Waals surface area contributed by atoms with E-state index in [9.17, 15) is 22.8 Å². The number of halogens is 3. The van der Waals surface area contributed by atoms with Crippen LogP contribution >= 0.6 is 0 Å². The number of carbonyl (C=O) groups is 2. The van der Waals surface area contributed by atoms with Crippen LogP contribution in [0.25, 0.3) is 0 Å². The molecule has 1 amide bonds. The topological polar surface area (TPSA) is 102 Å². The van der Waals surface area contributed by atoms with E-state index in [0.717, 1.165) is 50.5 Å². The maximum atomic E-state index is 13.8. The summed E-state index contributed by atoms with van der Waals surface area (Å²) >= 11 is 0. The molecule has 0 unspecified atom stereocenters. The van der Waals surface area contributed by atoms with E-state index in [1.165, 1.54) is 0 Å². The maximum Gasteiger partial charge on any atom is 0.451 e. The van der Waals surface area contributed by atoms with E-state index >= 15 is 0 Å². The average Bonchev–Trinajstić information content (AvgIpc) is 2.97. The molecular weight excluding hydrogens is 557 g/mol. The normalized spacial score (nSPS) is 17.3. The molecule has 1 aromatic heterocycles. The fourth-order valence-electron chi connectivity index (χ4n) is 5.72. The van der Waals surface area contributed by atoms with Gasteiger partial charge in [0.1, 0.15) is 23.5 Å². The minimum absolute atomic E-state index is 0.111. The van der Waals surface area contributed by atoms with Crippen LogP contribution in [0.1, 0.15) is 88.1 Å². The van der Waals surface area contributed by atoms with E-state index in [4.69, 9.17) is 5.26 Å². The molecule has 0 spiro atoms. The molecule has 1 N–H and O–H groups in total. The monoisotopic (exact) mass is 598 g/mol. The number of hydrogen-bond donors (Lipinski definition) is 1. The number of aromatic nitrogens is 2. The first-order valence-electron chi connectivity index (χ1n) is 15.4. The summed E-state index contributed by atoms with van der Waals surface area (Å²) in [5, 5.41) is 11.8. The van der Waals surface area contributed by atoms with Crippen LogP contribution in [-0.4, -0.2) is 53.9 Å². The molecule has 3 heterocycles. The molecule has 2 saturated heterocycles. The molecule has 0 aliphatic carbocycles. The molecule has 11 heteroatoms. The zero-order chi connectivity index (χ0) is 30.8. The summed E-state index contributed by atoms with van der Waals surface area (Å²) in [5.74, 6) is -0.346. The van der Waals surface area contributed by atoms with Gasteiger partial charge >= 0.3 is 6.18 Å². The Hall–Kier alpha value is -3.68. The fourth-order valence-corrected chi connectivity index (χ4v) is 5.72. The van der Waals surface area contributed by atoms with E-state index in [0.29, 0.717) is 69.1 Å². The molecule has 2 fully saturated rings. The van der Waals surface area contributed by atoms with Crippen molar-refractivity contribution < 1.29 is 22.8 Å². The highest BCUT2D eigenvalue weighted by atomic mass is 19.4. The summed E-state index contributed by atoms with van der Waals surface area (Å²) in [6.07, 6.45) is 4.25. The van der Waals surface area contributed by atoms with Gasteiger partial charge in [-0.1, -0.05) is 31.9 Å². The second-order valence-electron chi connectivity index (χ2n) is 11.6. The van der Waals surface area contributed by atoms with Crippen LogP contribution < -0.4 is 15.1 Å². The molecule has 43 heavy (non-hydrogen) atoms. The van der Waals surface area contributed by atoms with Crippen LogP contribution in [0.3, 0.4) is 0 Å². The molecule has 232 valence electrons. The van der Waals surface area contributed by atoms with Crippen LogP contribution in [0, 0.1) is 17.2 Å². The van der Waals surface area contributed by atoms with Crippen LogP contribution in [0.15, 0.2) is 30.3 Å². The van der Waals surface area contributed by atoms with E-state index in [-0.39, 0.29) is 17.5 Å². The van der Waals surface area contributed by atoms with E-state index in [1.54, 1.807) is 23.1 Å². The summed E-state index contributed by atoms with van der Waals surface area (Å²) in [6.45, 7) is 4.10. The first kappa shape index (κ1) is 32.2. The molecular formula is C32H41F3N6O2. The lowest BCUT2D eigenvalue weighted by Crippen LogP contribution is -2.57. The van der Waals surface area contributed by atoms with Gasteiger partial charge in [-0.3, -0.25) is 9.59 Å². The largest absolute Gasteiger partial charge is 0.451 e. The summed E-state index contributed by atoms with van der Waals surface area (Å²) in [4.78, 5) is 36.2. The Kier molecular flexibility index (Phi) is 11.4. The van der Waals surface area contributed by atoms with Gasteiger partial charge in [-0.15, -0.1) is 0 Å². The average molecular weight is 599 g/mol. The van der Waals surface area contributed by atoms with E-state index in [2.05, 4.69) is 28.3 Å². The van der Waals surface area contributed by atoms with Gasteiger partial charge in [0.25, 0.3) is 0 Å². The Bertz CT molecular complexity index is 1270. The standard InChI is InChI=1S/C32H41F3N6O2/c1-2-3-4-7-26(42)8-5-6-23-14-18-40(19-15-23)28-21-29(39-31(38-28)32(33,34)35)41-20-16-27(41)30(43)37-17-13-24-9-11-25(22-36)12-10-24/h9-12,21,23,27H,2-8,13-20H2,1H3,(H,37,43)/t27-/m0/s1. The highest BCUT2D eigenvalue weighted by Gasteiger charge is 2.40. The molecule has 1 aromatic carbocycles. The SMILES string of the molecule is CCCCCC(=O)CCCC1CCN(c2cc(N3CC[C@H]3C(=O)NCCc3ccc(C#N)cc3)nc(C(F)(F)F)n2)CC1. The van der Waals surface area contributed by atoms with Gasteiger partial charge in [-0.25, -0.2) is 9.97 Å². The number of benzene rings is 1. The molecule has 0 radical (unpaired) electrons. The van der Waals surface area contributed by atoms with Crippen molar-refractivity contribution in [1.29, 1.82) is 5.26 Å². The van der Waals surface area contributed by atoms with Gasteiger partial charge in [-0.05, 0) is 68.6 Å². The summed E-state index contributed by atoms with van der Waals surface area (Å²) in [5.41, 5.74) is 1.53. The number of alkyl halides is 3. The van der Waals surface area contributed by atoms with Crippen molar-refractivity contribution in [2.75, 3.05) is 36.0 Å². The molecule has 0 saturated carbocycles. The van der Waals surface area contributed by atoms with Gasteiger partial charge in [0.05, 0.1) is 11.6 Å². The maximum absolute atomic E-state index is 13.8. The van der Waals surface area contributed by atoms with Gasteiger partial charge < -0.3 is 15.1 Å². The fraction of sp³-hybridized carbons (Fsp3) is 0.594. The van der Waals surface area contributed by atoms with Crippen molar-refractivity contribution >= 4 is 23.3 Å². The van der Waals surface area contributed by atoms with Crippen molar-refractivity contribution in [3.63, 3.8) is 0 Å². The zero-order valence-corrected chi connectivity index (χ0v) is 24.8. The van der Waals surface area contributed by atoms with Crippen LogP contribution in [0.5, 0.6) is 0 Å². The minimum Gasteiger partial charge on any atom is -0.356 e. The van der Waals surface area contributed by atoms with E-state index in [1.807, 2.05) is 17.0 Å². The number of carbonyl (C=O) groups excluding carboxylic acids is 2. The summed E-state index contributed by atoms with van der Waals surface area (Å²) < 4.78 is 41.4. The van der Waals surface area contributed by atoms with E-state index < -0.39 is 18.0 Å². The molecule has 2 aliphatic heterocycles. The number of unbranched alkanes of at least 4 members (excludes halogenated alkanes) is 2. The van der Waals surface area contributed by atoms with Gasteiger partial charge in [0, 0.05) is 45.1 Å². The molecule has 2 aromatic rings. The third kappa shape index (κ3) is 9.15. The van der Waals surface area contributed by atoms with Crippen molar-refractivity contribution in [3.05, 3.63) is 47.3 Å². The molecule has 1 atom stereocenters. The first-order chi connectivity index (χ1) is 20.7. The lowest BCUT2D eigenvalue weighted by atomic mass is 9.91. The number of Topliss-reactive ketones (excluding diaryl/α,β-unsaturated/α-hetero) is 1. The number of hydrogen-bond acceptors (Lipinski definition) is 7. The van der Waals surface area contributed by atoms with Crippen molar-refractivity contribution in [3.8, 4) is 6.07 Å². The minimum atomic E-state index is -4.71.